The fraction of sp³-hybridized carbons (Fsp3) is 0.781. The summed E-state index contributed by atoms with van der Waals surface area (Å²) < 4.78 is 26.6. The Bertz CT molecular complexity index is 1110. The molecule has 286 valence electrons. The van der Waals surface area contributed by atoms with Crippen LogP contribution >= 0.6 is 0 Å². The summed E-state index contributed by atoms with van der Waals surface area (Å²) in [6, 6.07) is 0. The van der Waals surface area contributed by atoms with Crippen LogP contribution in [0.2, 0.25) is 0 Å². The summed E-state index contributed by atoms with van der Waals surface area (Å²) in [7, 11) is 0. The molecule has 2 aliphatic rings. The lowest BCUT2D eigenvalue weighted by atomic mass is 9.93. The predicted octanol–water partition coefficient (Wildman–Crippen LogP) is -0.411. The molecule has 0 aliphatic carbocycles. The molecule has 2 aliphatic heterocycles. The molecule has 2 fully saturated rings. The average molecular weight is 721 g/mol. The van der Waals surface area contributed by atoms with Crippen molar-refractivity contribution in [3.63, 3.8) is 0 Å². The van der Waals surface area contributed by atoms with Crippen molar-refractivity contribution in [2.24, 2.45) is 15.7 Å². The number of unbranched alkanes of at least 4 members (excludes halogenated alkanes) is 1. The second kappa shape index (κ2) is 20.6. The third-order valence-electron chi connectivity index (χ3n) is 8.01. The van der Waals surface area contributed by atoms with Crippen molar-refractivity contribution >= 4 is 29.3 Å². The van der Waals surface area contributed by atoms with Crippen molar-refractivity contribution in [2.45, 2.75) is 135 Å². The van der Waals surface area contributed by atoms with E-state index in [-0.39, 0.29) is 32.3 Å². The number of nitrogens with zero attached hydrogens (tertiary/aromatic N) is 2. The van der Waals surface area contributed by atoms with Crippen LogP contribution in [0.5, 0.6) is 0 Å². The molecular formula is C32H52N2O16. The largest absolute Gasteiger partial charge is 0.465 e. The predicted molar refractivity (Wildman–Crippen MR) is 172 cm³/mol. The standard InChI is InChI=1S/C32H52N2O16/c1-7-8-9-14-44-31(43)32(6,15-45-21(35)12-10-17(2)33-49-29-27(41)25(39)23(37)19(4)47-29)16-46-22(36)13-11-18(3)34-50-30-28(42)26(40)24(38)20(5)48-30/h7,19-20,23-30,37-42H,1,8-16H2,2-6H3/b33-17+,34-18+/t19-,20-,23+,24+,25+,26+,27-,28-,29-,30-/m0/s1. The highest BCUT2D eigenvalue weighted by atomic mass is 16.8. The van der Waals surface area contributed by atoms with E-state index in [4.69, 9.17) is 33.4 Å². The van der Waals surface area contributed by atoms with Crippen molar-refractivity contribution in [3.05, 3.63) is 12.7 Å². The summed E-state index contributed by atoms with van der Waals surface area (Å²) in [5.74, 6) is -2.15. The van der Waals surface area contributed by atoms with Gasteiger partial charge in [-0.2, -0.15) is 0 Å². The molecule has 0 amide bonds. The van der Waals surface area contributed by atoms with Crippen LogP contribution in [0.3, 0.4) is 0 Å². The van der Waals surface area contributed by atoms with Gasteiger partial charge < -0.3 is 64.0 Å². The van der Waals surface area contributed by atoms with Gasteiger partial charge in [-0.1, -0.05) is 16.4 Å². The summed E-state index contributed by atoms with van der Waals surface area (Å²) in [4.78, 5) is 48.5. The van der Waals surface area contributed by atoms with Gasteiger partial charge >= 0.3 is 17.9 Å². The van der Waals surface area contributed by atoms with Crippen LogP contribution in [0, 0.1) is 5.41 Å². The van der Waals surface area contributed by atoms with E-state index in [2.05, 4.69) is 16.9 Å². The average Bonchev–Trinajstić information content (AvgIpc) is 3.09. The molecule has 50 heavy (non-hydrogen) atoms. The Morgan fingerprint density at radius 2 is 1.12 bits per heavy atom. The number of carbonyl (C=O) groups excluding carboxylic acids is 3. The summed E-state index contributed by atoms with van der Waals surface area (Å²) in [5.41, 5.74) is -0.908. The molecule has 0 saturated carbocycles. The van der Waals surface area contributed by atoms with E-state index in [1.807, 2.05) is 0 Å². The minimum atomic E-state index is -1.55. The lowest BCUT2D eigenvalue weighted by molar-refractivity contribution is -0.293. The van der Waals surface area contributed by atoms with Crippen LogP contribution in [0.4, 0.5) is 0 Å². The number of aliphatic hydroxyl groups excluding tert-OH is 6. The summed E-state index contributed by atoms with van der Waals surface area (Å²) >= 11 is 0. The van der Waals surface area contributed by atoms with Gasteiger partial charge in [0, 0.05) is 0 Å². The van der Waals surface area contributed by atoms with E-state index in [1.54, 1.807) is 19.9 Å². The smallest absolute Gasteiger partial charge is 0.318 e. The highest BCUT2D eigenvalue weighted by Gasteiger charge is 2.44. The topological polar surface area (TPSA) is 262 Å². The molecular weight excluding hydrogens is 668 g/mol. The normalized spacial score (nSPS) is 30.6. The van der Waals surface area contributed by atoms with Gasteiger partial charge in [-0.05, 0) is 60.3 Å². The molecule has 10 atom stereocenters. The van der Waals surface area contributed by atoms with E-state index in [9.17, 15) is 45.0 Å². The molecule has 0 aromatic rings. The molecule has 2 heterocycles. The molecule has 2 rings (SSSR count). The Hall–Kier alpha value is -3.23. The summed E-state index contributed by atoms with van der Waals surface area (Å²) in [5, 5.41) is 67.1. The number of hydrogen-bond acceptors (Lipinski definition) is 18. The Morgan fingerprint density at radius 3 is 1.52 bits per heavy atom. The maximum atomic E-state index is 13.0. The number of oxime groups is 2. The van der Waals surface area contributed by atoms with Crippen molar-refractivity contribution in [2.75, 3.05) is 19.8 Å². The molecule has 2 saturated heterocycles. The fourth-order valence-corrected chi connectivity index (χ4v) is 4.49. The van der Waals surface area contributed by atoms with E-state index in [1.165, 1.54) is 20.8 Å². The first kappa shape index (κ1) is 42.9. The third-order valence-corrected chi connectivity index (χ3v) is 8.01. The molecule has 0 aromatic heterocycles. The van der Waals surface area contributed by atoms with Gasteiger partial charge in [-0.25, -0.2) is 0 Å². The quantitative estimate of drug-likeness (QED) is 0.0247. The molecule has 0 spiro atoms. The number of carbonyl (C=O) groups is 3. The van der Waals surface area contributed by atoms with E-state index < -0.39 is 97.9 Å². The van der Waals surface area contributed by atoms with Crippen molar-refractivity contribution < 1.29 is 78.4 Å². The first-order valence-corrected chi connectivity index (χ1v) is 16.4. The van der Waals surface area contributed by atoms with Crippen molar-refractivity contribution in [3.8, 4) is 0 Å². The third kappa shape index (κ3) is 13.1. The first-order valence-electron chi connectivity index (χ1n) is 16.4. The minimum Gasteiger partial charge on any atom is -0.465 e. The zero-order valence-electron chi connectivity index (χ0n) is 29.1. The van der Waals surface area contributed by atoms with E-state index in [0.717, 1.165) is 0 Å². The van der Waals surface area contributed by atoms with Gasteiger partial charge in [0.1, 0.15) is 55.3 Å². The SMILES string of the molecule is C=CCCCOC(=O)C(C)(COC(=O)CC/C(C)=N/O[C@@H]1O[C@@H](C)[C@@H](O)[C@@H](O)[C@@H]1O)COC(=O)CC/C(C)=N/O[C@@H]1O[C@@H](C)[C@@H](O)[C@@H](O)[C@@H]1O. The lowest BCUT2D eigenvalue weighted by Gasteiger charge is -2.37. The van der Waals surface area contributed by atoms with Gasteiger partial charge in [0.05, 0.1) is 43.1 Å². The van der Waals surface area contributed by atoms with Crippen molar-refractivity contribution in [1.29, 1.82) is 0 Å². The van der Waals surface area contributed by atoms with Crippen molar-refractivity contribution in [1.82, 2.24) is 0 Å². The highest BCUT2D eigenvalue weighted by Crippen LogP contribution is 2.24. The number of aliphatic hydroxyl groups is 6. The molecule has 0 aromatic carbocycles. The number of rotatable bonds is 19. The number of ether oxygens (including phenoxy) is 5. The zero-order chi connectivity index (χ0) is 37.6. The minimum absolute atomic E-state index is 0.0655. The van der Waals surface area contributed by atoms with Crippen LogP contribution in [-0.2, 0) is 47.7 Å². The van der Waals surface area contributed by atoms with Gasteiger partial charge in [-0.15, -0.1) is 6.58 Å². The van der Waals surface area contributed by atoms with Crippen LogP contribution < -0.4 is 0 Å². The number of esters is 3. The Balaban J connectivity index is 1.89. The van der Waals surface area contributed by atoms with E-state index in [0.29, 0.717) is 24.3 Å². The zero-order valence-corrected chi connectivity index (χ0v) is 29.1. The van der Waals surface area contributed by atoms with Gasteiger partial charge in [-0.3, -0.25) is 14.4 Å². The van der Waals surface area contributed by atoms with Crippen LogP contribution in [0.1, 0.15) is 73.1 Å². The second-order valence-corrected chi connectivity index (χ2v) is 12.7. The second-order valence-electron chi connectivity index (χ2n) is 12.7. The van der Waals surface area contributed by atoms with Crippen LogP contribution in [0.15, 0.2) is 23.0 Å². The first-order chi connectivity index (χ1) is 23.5. The Labute approximate surface area is 290 Å². The molecule has 0 bridgehead atoms. The highest BCUT2D eigenvalue weighted by molar-refractivity contribution is 5.86. The molecule has 18 nitrogen and oxygen atoms in total. The molecule has 6 N–H and O–H groups in total. The molecule has 18 heteroatoms. The van der Waals surface area contributed by atoms with Crippen LogP contribution in [0.25, 0.3) is 0 Å². The van der Waals surface area contributed by atoms with E-state index >= 15 is 0 Å². The number of hydrogen-bond donors (Lipinski definition) is 6. The Kier molecular flexibility index (Phi) is 17.7. The van der Waals surface area contributed by atoms with Gasteiger partial charge in [0.2, 0.25) is 0 Å². The lowest BCUT2D eigenvalue weighted by Crippen LogP contribution is -2.57. The fourth-order valence-electron chi connectivity index (χ4n) is 4.49. The monoisotopic (exact) mass is 720 g/mol. The van der Waals surface area contributed by atoms with Gasteiger partial charge in [0.25, 0.3) is 12.6 Å². The maximum absolute atomic E-state index is 13.0. The Morgan fingerprint density at radius 1 is 0.700 bits per heavy atom. The van der Waals surface area contributed by atoms with Gasteiger partial charge in [0.15, 0.2) is 0 Å². The molecule has 0 unspecified atom stereocenters. The van der Waals surface area contributed by atoms with Crippen LogP contribution in [-0.4, -0.2) is 141 Å². The summed E-state index contributed by atoms with van der Waals surface area (Å²) in [6.45, 7) is 10.2. The summed E-state index contributed by atoms with van der Waals surface area (Å²) in [6.07, 6.45) is -10.4. The maximum Gasteiger partial charge on any atom is 0.318 e. The number of allylic oxidation sites excluding steroid dienone is 1. The molecule has 0 radical (unpaired) electrons.